The topological polar surface area (TPSA) is 48.0 Å². The number of hydrogen-bond acceptors (Lipinski definition) is 4. The van der Waals surface area contributed by atoms with E-state index < -0.39 is 0 Å². The molecule has 2 aliphatic heterocycles. The van der Waals surface area contributed by atoms with Crippen LogP contribution in [0.3, 0.4) is 0 Å². The van der Waals surface area contributed by atoms with Gasteiger partial charge in [0.2, 0.25) is 5.91 Å². The van der Waals surface area contributed by atoms with Gasteiger partial charge in [0, 0.05) is 43.9 Å². The molecule has 2 fully saturated rings. The first-order chi connectivity index (χ1) is 12.1. The molecule has 1 aromatic carbocycles. The number of likely N-dealkylation sites (tertiary alicyclic amines) is 1. The Morgan fingerprint density at radius 1 is 1.44 bits per heavy atom. The van der Waals surface area contributed by atoms with Gasteiger partial charge in [0.15, 0.2) is 0 Å². The lowest BCUT2D eigenvalue weighted by Crippen LogP contribution is -2.58. The minimum atomic E-state index is -0.368. The van der Waals surface area contributed by atoms with Crippen LogP contribution in [0.15, 0.2) is 18.2 Å². The summed E-state index contributed by atoms with van der Waals surface area (Å²) >= 11 is 0. The molecule has 1 amide bonds. The minimum absolute atomic E-state index is 0.0319. The average Bonchev–Trinajstić information content (AvgIpc) is 2.62. The molecule has 0 saturated carbocycles. The summed E-state index contributed by atoms with van der Waals surface area (Å²) in [6.07, 6.45) is 3.20. The number of methoxy groups -OCH3 is 2. The van der Waals surface area contributed by atoms with Crippen LogP contribution in [0, 0.1) is 11.2 Å². The number of fused-ring (bicyclic) bond motifs is 1. The summed E-state index contributed by atoms with van der Waals surface area (Å²) < 4.78 is 30.0. The summed E-state index contributed by atoms with van der Waals surface area (Å²) in [5.41, 5.74) is 0.588. The van der Waals surface area contributed by atoms with Gasteiger partial charge in [-0.1, -0.05) is 6.07 Å². The SMILES string of the molecule is COC[C@@]12CCCO[C@H]1CCN(C(=O)Cc1ccc(F)cc1OC)C2. The number of hydrogen-bond donors (Lipinski definition) is 0. The number of benzene rings is 1. The molecule has 0 spiro atoms. The molecule has 0 unspecified atom stereocenters. The van der Waals surface area contributed by atoms with Crippen molar-refractivity contribution in [2.75, 3.05) is 40.5 Å². The van der Waals surface area contributed by atoms with Crippen LogP contribution in [-0.4, -0.2) is 57.4 Å². The van der Waals surface area contributed by atoms with Gasteiger partial charge in [-0.25, -0.2) is 4.39 Å². The lowest BCUT2D eigenvalue weighted by molar-refractivity contribution is -0.161. The fourth-order valence-corrected chi connectivity index (χ4v) is 4.14. The highest BCUT2D eigenvalue weighted by Gasteiger charge is 2.46. The molecule has 1 aromatic rings. The van der Waals surface area contributed by atoms with E-state index in [9.17, 15) is 9.18 Å². The average molecular weight is 351 g/mol. The maximum atomic E-state index is 13.3. The first kappa shape index (κ1) is 18.1. The van der Waals surface area contributed by atoms with Gasteiger partial charge in [0.25, 0.3) is 0 Å². The monoisotopic (exact) mass is 351 g/mol. The van der Waals surface area contributed by atoms with Gasteiger partial charge in [-0.3, -0.25) is 4.79 Å². The van der Waals surface area contributed by atoms with E-state index >= 15 is 0 Å². The molecule has 0 N–H and O–H groups in total. The zero-order chi connectivity index (χ0) is 17.9. The molecule has 2 atom stereocenters. The number of rotatable bonds is 5. The Bertz CT molecular complexity index is 619. The van der Waals surface area contributed by atoms with E-state index in [0.29, 0.717) is 31.0 Å². The highest BCUT2D eigenvalue weighted by atomic mass is 19.1. The first-order valence-corrected chi connectivity index (χ1v) is 8.79. The van der Waals surface area contributed by atoms with Crippen molar-refractivity contribution in [3.05, 3.63) is 29.6 Å². The highest BCUT2D eigenvalue weighted by molar-refractivity contribution is 5.79. The van der Waals surface area contributed by atoms with E-state index in [0.717, 1.165) is 25.9 Å². The van der Waals surface area contributed by atoms with Crippen molar-refractivity contribution >= 4 is 5.91 Å². The fraction of sp³-hybridized carbons (Fsp3) is 0.632. The lowest BCUT2D eigenvalue weighted by Gasteiger charge is -2.50. The van der Waals surface area contributed by atoms with Crippen molar-refractivity contribution < 1.29 is 23.4 Å². The predicted molar refractivity (Wildman–Crippen MR) is 91.1 cm³/mol. The molecular weight excluding hydrogens is 325 g/mol. The third kappa shape index (κ3) is 3.80. The van der Waals surface area contributed by atoms with Crippen LogP contribution in [0.2, 0.25) is 0 Å². The van der Waals surface area contributed by atoms with E-state index in [-0.39, 0.29) is 29.7 Å². The number of piperidine rings is 1. The molecular formula is C19H26FNO4. The lowest BCUT2D eigenvalue weighted by atomic mass is 9.73. The minimum Gasteiger partial charge on any atom is -0.496 e. The molecule has 0 bridgehead atoms. The Morgan fingerprint density at radius 3 is 3.04 bits per heavy atom. The van der Waals surface area contributed by atoms with Crippen molar-refractivity contribution in [1.29, 1.82) is 0 Å². The second-order valence-corrected chi connectivity index (χ2v) is 7.00. The zero-order valence-electron chi connectivity index (χ0n) is 14.9. The Balaban J connectivity index is 1.72. The Hall–Kier alpha value is -1.66. The summed E-state index contributed by atoms with van der Waals surface area (Å²) in [6.45, 7) is 2.71. The van der Waals surface area contributed by atoms with Crippen LogP contribution < -0.4 is 4.74 Å². The predicted octanol–water partition coefficient (Wildman–Crippen LogP) is 2.42. The molecule has 2 aliphatic rings. The van der Waals surface area contributed by atoms with Gasteiger partial charge in [-0.2, -0.15) is 0 Å². The van der Waals surface area contributed by atoms with E-state index in [4.69, 9.17) is 14.2 Å². The fourth-order valence-electron chi connectivity index (χ4n) is 4.14. The van der Waals surface area contributed by atoms with Gasteiger partial charge in [-0.05, 0) is 25.3 Å². The van der Waals surface area contributed by atoms with Gasteiger partial charge in [0.1, 0.15) is 11.6 Å². The van der Waals surface area contributed by atoms with Gasteiger partial charge in [-0.15, -0.1) is 0 Å². The maximum Gasteiger partial charge on any atom is 0.227 e. The Morgan fingerprint density at radius 2 is 2.28 bits per heavy atom. The Kier molecular flexibility index (Phi) is 5.59. The standard InChI is InChI=1S/C19H26FNO4/c1-23-13-19-7-3-9-25-17(19)6-8-21(12-19)18(22)10-14-4-5-15(20)11-16(14)24-2/h4-5,11,17H,3,6-10,12-13H2,1-2H3/t17-,19-/m0/s1. The largest absolute Gasteiger partial charge is 0.496 e. The quantitative estimate of drug-likeness (QED) is 0.817. The number of amides is 1. The second-order valence-electron chi connectivity index (χ2n) is 7.00. The summed E-state index contributed by atoms with van der Waals surface area (Å²) in [6, 6.07) is 4.29. The zero-order valence-corrected chi connectivity index (χ0v) is 14.9. The smallest absolute Gasteiger partial charge is 0.227 e. The van der Waals surface area contributed by atoms with Crippen molar-refractivity contribution in [1.82, 2.24) is 4.90 Å². The molecule has 138 valence electrons. The van der Waals surface area contributed by atoms with Crippen LogP contribution in [0.5, 0.6) is 5.75 Å². The third-order valence-corrected chi connectivity index (χ3v) is 5.36. The van der Waals surface area contributed by atoms with E-state index in [1.807, 2.05) is 4.90 Å². The number of nitrogens with zero attached hydrogens (tertiary/aromatic N) is 1. The molecule has 25 heavy (non-hydrogen) atoms. The van der Waals surface area contributed by atoms with Crippen molar-refractivity contribution in [2.24, 2.45) is 5.41 Å². The van der Waals surface area contributed by atoms with E-state index in [1.165, 1.54) is 19.2 Å². The summed E-state index contributed by atoms with van der Waals surface area (Å²) in [5, 5.41) is 0. The van der Waals surface area contributed by atoms with Gasteiger partial charge in [0.05, 0.1) is 26.2 Å². The molecule has 0 aliphatic carbocycles. The van der Waals surface area contributed by atoms with Crippen molar-refractivity contribution in [3.8, 4) is 5.75 Å². The number of halogens is 1. The molecule has 5 nitrogen and oxygen atoms in total. The molecule has 6 heteroatoms. The van der Waals surface area contributed by atoms with Crippen LogP contribution in [0.1, 0.15) is 24.8 Å². The van der Waals surface area contributed by atoms with Crippen LogP contribution in [-0.2, 0) is 20.7 Å². The second kappa shape index (κ2) is 7.70. The third-order valence-electron chi connectivity index (χ3n) is 5.36. The van der Waals surface area contributed by atoms with Gasteiger partial charge >= 0.3 is 0 Å². The van der Waals surface area contributed by atoms with Crippen molar-refractivity contribution in [3.63, 3.8) is 0 Å². The summed E-state index contributed by atoms with van der Waals surface area (Å²) in [5.74, 6) is 0.0764. The van der Waals surface area contributed by atoms with E-state index in [1.54, 1.807) is 13.2 Å². The van der Waals surface area contributed by atoms with Crippen LogP contribution in [0.25, 0.3) is 0 Å². The van der Waals surface area contributed by atoms with Crippen LogP contribution >= 0.6 is 0 Å². The summed E-state index contributed by atoms with van der Waals surface area (Å²) in [7, 11) is 3.19. The number of carbonyl (C=O) groups is 1. The number of ether oxygens (including phenoxy) is 3. The number of carbonyl (C=O) groups excluding carboxylic acids is 1. The molecule has 3 rings (SSSR count). The molecule has 0 radical (unpaired) electrons. The summed E-state index contributed by atoms with van der Waals surface area (Å²) in [4.78, 5) is 14.7. The normalized spacial score (nSPS) is 26.2. The maximum absolute atomic E-state index is 13.3. The molecule has 2 saturated heterocycles. The first-order valence-electron chi connectivity index (χ1n) is 8.79. The van der Waals surface area contributed by atoms with Crippen LogP contribution in [0.4, 0.5) is 4.39 Å². The van der Waals surface area contributed by atoms with E-state index in [2.05, 4.69) is 0 Å². The van der Waals surface area contributed by atoms with Crippen molar-refractivity contribution in [2.45, 2.75) is 31.8 Å². The molecule has 0 aromatic heterocycles. The Labute approximate surface area is 148 Å². The van der Waals surface area contributed by atoms with Gasteiger partial charge < -0.3 is 19.1 Å². The molecule has 2 heterocycles. The highest BCUT2D eigenvalue weighted by Crippen LogP contribution is 2.40.